The van der Waals surface area contributed by atoms with E-state index in [1.165, 1.54) is 33.8 Å². The van der Waals surface area contributed by atoms with Gasteiger partial charge in [0.05, 0.1) is 17.8 Å². The summed E-state index contributed by atoms with van der Waals surface area (Å²) in [6.45, 7) is 11.7. The van der Waals surface area contributed by atoms with Crippen LogP contribution in [0.4, 0.5) is 0 Å². The van der Waals surface area contributed by atoms with Gasteiger partial charge in [-0.05, 0) is 93.9 Å². The van der Waals surface area contributed by atoms with Crippen LogP contribution in [0, 0.1) is 27.7 Å². The van der Waals surface area contributed by atoms with E-state index in [2.05, 4.69) is 84.7 Å². The van der Waals surface area contributed by atoms with Crippen LogP contribution in [0.3, 0.4) is 0 Å². The van der Waals surface area contributed by atoms with E-state index in [9.17, 15) is 0 Å². The molecule has 0 bridgehead atoms. The second-order valence-electron chi connectivity index (χ2n) is 7.92. The van der Waals surface area contributed by atoms with Crippen molar-refractivity contribution in [1.29, 1.82) is 0 Å². The number of nitrogens with zero attached hydrogens (tertiary/aromatic N) is 3. The molecule has 0 unspecified atom stereocenters. The molecule has 3 aromatic rings. The molecule has 0 spiro atoms. The lowest BCUT2D eigenvalue weighted by Crippen LogP contribution is -2.29. The number of rotatable bonds is 4. The molecular formula is C24H28N4S. The monoisotopic (exact) mass is 404 g/mol. The Morgan fingerprint density at radius 1 is 1.03 bits per heavy atom. The number of hydrogen-bond acceptors (Lipinski definition) is 2. The largest absolute Gasteiger partial charge is 0.352 e. The highest BCUT2D eigenvalue weighted by molar-refractivity contribution is 7.80. The summed E-state index contributed by atoms with van der Waals surface area (Å²) < 4.78 is 2.36. The van der Waals surface area contributed by atoms with Crippen molar-refractivity contribution in [1.82, 2.24) is 19.8 Å². The third-order valence-electron chi connectivity index (χ3n) is 5.79. The molecule has 5 heteroatoms. The fourth-order valence-corrected chi connectivity index (χ4v) is 5.02. The number of thiocarbonyl (C=S) groups is 1. The van der Waals surface area contributed by atoms with Crippen LogP contribution in [0.25, 0.3) is 5.69 Å². The van der Waals surface area contributed by atoms with Crippen molar-refractivity contribution in [2.24, 2.45) is 0 Å². The Labute approximate surface area is 178 Å². The number of aryl methyl sites for hydroxylation is 3. The van der Waals surface area contributed by atoms with Crippen molar-refractivity contribution in [2.45, 2.75) is 46.7 Å². The summed E-state index contributed by atoms with van der Waals surface area (Å²) in [4.78, 5) is 6.90. The minimum atomic E-state index is 0.0387. The van der Waals surface area contributed by atoms with Crippen molar-refractivity contribution in [3.8, 4) is 5.69 Å². The molecule has 0 radical (unpaired) electrons. The number of pyridine rings is 1. The van der Waals surface area contributed by atoms with Gasteiger partial charge in [0.25, 0.3) is 0 Å². The predicted octanol–water partition coefficient (Wildman–Crippen LogP) is 5.10. The number of hydrogen-bond donors (Lipinski definition) is 1. The standard InChI is InChI=1S/C24H28N4S/c1-6-27-23(22(26-24(27)29)21-9-7-8-10-25-21)20-14-17(4)28(18(20)5)19-12-15(2)11-16(3)13-19/h7-14,22-23H,6H2,1-5H3,(H,26,29)/t22-,23-/m1/s1. The Bertz CT molecular complexity index is 1030. The fourth-order valence-electron chi connectivity index (χ4n) is 4.65. The van der Waals surface area contributed by atoms with Crippen molar-refractivity contribution in [3.05, 3.63) is 82.4 Å². The van der Waals surface area contributed by atoms with Gasteiger partial charge in [-0.15, -0.1) is 0 Å². The summed E-state index contributed by atoms with van der Waals surface area (Å²) in [5, 5.41) is 4.31. The number of likely N-dealkylation sites (N-methyl/N-ethyl adjacent to an activating group) is 1. The second-order valence-corrected chi connectivity index (χ2v) is 8.31. The first-order chi connectivity index (χ1) is 13.9. The summed E-state index contributed by atoms with van der Waals surface area (Å²) in [5.74, 6) is 0. The lowest BCUT2D eigenvalue weighted by Gasteiger charge is -2.27. The zero-order valence-corrected chi connectivity index (χ0v) is 18.5. The van der Waals surface area contributed by atoms with Crippen LogP contribution in [-0.2, 0) is 0 Å². The first kappa shape index (κ1) is 19.6. The normalized spacial score (nSPS) is 18.9. The average molecular weight is 405 g/mol. The molecule has 150 valence electrons. The van der Waals surface area contributed by atoms with Gasteiger partial charge in [0.1, 0.15) is 0 Å². The first-order valence-corrected chi connectivity index (χ1v) is 10.6. The van der Waals surface area contributed by atoms with Gasteiger partial charge in [-0.3, -0.25) is 4.98 Å². The van der Waals surface area contributed by atoms with Gasteiger partial charge in [-0.25, -0.2) is 0 Å². The summed E-state index contributed by atoms with van der Waals surface area (Å²) in [5.41, 5.74) is 8.58. The first-order valence-electron chi connectivity index (χ1n) is 10.2. The summed E-state index contributed by atoms with van der Waals surface area (Å²) >= 11 is 5.68. The fraction of sp³-hybridized carbons (Fsp3) is 0.333. The quantitative estimate of drug-likeness (QED) is 0.614. The molecular weight excluding hydrogens is 376 g/mol. The van der Waals surface area contributed by atoms with Crippen molar-refractivity contribution in [3.63, 3.8) is 0 Å². The SMILES string of the molecule is CCN1C(=S)N[C@H](c2ccccn2)[C@H]1c1cc(C)n(-c2cc(C)cc(C)c2)c1C. The van der Waals surface area contributed by atoms with Crippen molar-refractivity contribution >= 4 is 17.3 Å². The molecule has 3 heterocycles. The van der Waals surface area contributed by atoms with E-state index < -0.39 is 0 Å². The van der Waals surface area contributed by atoms with E-state index in [-0.39, 0.29) is 12.1 Å². The molecule has 0 amide bonds. The van der Waals surface area contributed by atoms with Gasteiger partial charge in [0.2, 0.25) is 0 Å². The second kappa shape index (κ2) is 7.64. The highest BCUT2D eigenvalue weighted by Gasteiger charge is 2.40. The van der Waals surface area contributed by atoms with Gasteiger partial charge in [-0.2, -0.15) is 0 Å². The van der Waals surface area contributed by atoms with E-state index in [0.29, 0.717) is 0 Å². The highest BCUT2D eigenvalue weighted by atomic mass is 32.1. The van der Waals surface area contributed by atoms with Crippen LogP contribution < -0.4 is 5.32 Å². The topological polar surface area (TPSA) is 33.1 Å². The maximum Gasteiger partial charge on any atom is 0.170 e. The maximum atomic E-state index is 5.68. The zero-order chi connectivity index (χ0) is 20.7. The number of benzene rings is 1. The zero-order valence-electron chi connectivity index (χ0n) is 17.7. The molecule has 1 aliphatic rings. The van der Waals surface area contributed by atoms with E-state index in [1.807, 2.05) is 18.3 Å². The molecule has 1 fully saturated rings. The molecule has 29 heavy (non-hydrogen) atoms. The Morgan fingerprint density at radius 2 is 1.76 bits per heavy atom. The Balaban J connectivity index is 1.85. The van der Waals surface area contributed by atoms with Crippen LogP contribution in [0.5, 0.6) is 0 Å². The smallest absolute Gasteiger partial charge is 0.170 e. The highest BCUT2D eigenvalue weighted by Crippen LogP contribution is 2.41. The van der Waals surface area contributed by atoms with Crippen LogP contribution in [0.15, 0.2) is 48.7 Å². The van der Waals surface area contributed by atoms with Gasteiger partial charge >= 0.3 is 0 Å². The predicted molar refractivity (Wildman–Crippen MR) is 123 cm³/mol. The molecule has 1 aliphatic heterocycles. The Hall–Kier alpha value is -2.66. The molecule has 1 aromatic carbocycles. The molecule has 1 saturated heterocycles. The molecule has 4 rings (SSSR count). The summed E-state index contributed by atoms with van der Waals surface area (Å²) in [6, 6.07) is 15.3. The van der Waals surface area contributed by atoms with E-state index in [1.54, 1.807) is 0 Å². The van der Waals surface area contributed by atoms with Crippen LogP contribution in [0.2, 0.25) is 0 Å². The van der Waals surface area contributed by atoms with Gasteiger partial charge in [0.15, 0.2) is 5.11 Å². The molecule has 2 atom stereocenters. The lowest BCUT2D eigenvalue weighted by molar-refractivity contribution is 0.329. The lowest BCUT2D eigenvalue weighted by atomic mass is 9.97. The molecule has 4 nitrogen and oxygen atoms in total. The molecule has 0 saturated carbocycles. The van der Waals surface area contributed by atoms with Gasteiger partial charge in [0, 0.05) is 29.8 Å². The van der Waals surface area contributed by atoms with Gasteiger partial charge < -0.3 is 14.8 Å². The summed E-state index contributed by atoms with van der Waals surface area (Å²) in [7, 11) is 0. The van der Waals surface area contributed by atoms with E-state index in [4.69, 9.17) is 12.2 Å². The van der Waals surface area contributed by atoms with Crippen LogP contribution in [0.1, 0.15) is 52.8 Å². The van der Waals surface area contributed by atoms with Crippen LogP contribution >= 0.6 is 12.2 Å². The molecule has 1 N–H and O–H groups in total. The summed E-state index contributed by atoms with van der Waals surface area (Å²) in [6.07, 6.45) is 1.85. The number of aromatic nitrogens is 2. The van der Waals surface area contributed by atoms with Gasteiger partial charge in [-0.1, -0.05) is 12.1 Å². The minimum absolute atomic E-state index is 0.0387. The van der Waals surface area contributed by atoms with Crippen molar-refractivity contribution < 1.29 is 0 Å². The maximum absolute atomic E-state index is 5.68. The van der Waals surface area contributed by atoms with Crippen LogP contribution in [-0.4, -0.2) is 26.1 Å². The Morgan fingerprint density at radius 3 is 2.38 bits per heavy atom. The Kier molecular flexibility index (Phi) is 5.17. The van der Waals surface area contributed by atoms with Crippen molar-refractivity contribution in [2.75, 3.05) is 6.54 Å². The average Bonchev–Trinajstić information content (AvgIpc) is 3.16. The third-order valence-corrected chi connectivity index (χ3v) is 6.14. The van der Waals surface area contributed by atoms with E-state index >= 15 is 0 Å². The minimum Gasteiger partial charge on any atom is -0.352 e. The molecule has 0 aliphatic carbocycles. The number of nitrogens with one attached hydrogen (secondary N) is 1. The molecule has 2 aromatic heterocycles. The van der Waals surface area contributed by atoms with E-state index in [0.717, 1.165) is 17.4 Å². The third kappa shape index (κ3) is 3.44.